The van der Waals surface area contributed by atoms with Gasteiger partial charge in [0.15, 0.2) is 0 Å². The predicted octanol–water partition coefficient (Wildman–Crippen LogP) is 5.49. The molecule has 228 valence electrons. The molecule has 5 aromatic rings. The topological polar surface area (TPSA) is 114 Å². The van der Waals surface area contributed by atoms with Crippen LogP contribution in [0.3, 0.4) is 0 Å². The number of benzene rings is 2. The van der Waals surface area contributed by atoms with Crippen molar-refractivity contribution in [3.8, 4) is 22.0 Å². The highest BCUT2D eigenvalue weighted by atomic mass is 35.5. The molecule has 4 heterocycles. The molecule has 0 saturated carbocycles. The SMILES string of the molecule is CC(Oc1cc(-n2cnc3cc(-c4ccnc(NCCCN5CCN(C)CC5)n4)ccc32)sc1C(N)=O)c1ccccc1Cl. The molecule has 3 N–H and O–H groups in total. The number of thiophene rings is 1. The van der Waals surface area contributed by atoms with Crippen molar-refractivity contribution in [2.75, 3.05) is 51.6 Å². The molecule has 3 aromatic heterocycles. The highest BCUT2D eigenvalue weighted by Gasteiger charge is 2.21. The summed E-state index contributed by atoms with van der Waals surface area (Å²) in [6, 6.07) is 17.2. The van der Waals surface area contributed by atoms with E-state index in [0.29, 0.717) is 21.6 Å². The Kier molecular flexibility index (Phi) is 9.08. The number of primary amides is 1. The van der Waals surface area contributed by atoms with Crippen molar-refractivity contribution in [3.05, 3.63) is 82.6 Å². The number of piperazine rings is 1. The van der Waals surface area contributed by atoms with Gasteiger partial charge in [-0.3, -0.25) is 9.36 Å². The number of fused-ring (bicyclic) bond motifs is 1. The zero-order valence-electron chi connectivity index (χ0n) is 24.7. The number of amides is 1. The summed E-state index contributed by atoms with van der Waals surface area (Å²) in [6.45, 7) is 8.27. The summed E-state index contributed by atoms with van der Waals surface area (Å²) in [7, 11) is 2.17. The molecule has 1 aliphatic heterocycles. The number of hydrogen-bond acceptors (Lipinski definition) is 9. The number of anilines is 1. The number of rotatable bonds is 11. The number of nitrogens with two attached hydrogens (primary N) is 1. The molecule has 1 fully saturated rings. The first-order chi connectivity index (χ1) is 21.4. The van der Waals surface area contributed by atoms with Gasteiger partial charge in [0, 0.05) is 61.1 Å². The number of ether oxygens (including phenoxy) is 1. The normalized spacial score (nSPS) is 15.0. The minimum Gasteiger partial charge on any atom is -0.484 e. The van der Waals surface area contributed by atoms with Gasteiger partial charge in [0.25, 0.3) is 5.91 Å². The molecule has 1 atom stereocenters. The third kappa shape index (κ3) is 6.71. The third-order valence-electron chi connectivity index (χ3n) is 7.82. The highest BCUT2D eigenvalue weighted by Crippen LogP contribution is 2.37. The van der Waals surface area contributed by atoms with Crippen LogP contribution in [0.1, 0.15) is 34.7 Å². The van der Waals surface area contributed by atoms with Crippen LogP contribution in [0.15, 0.2) is 67.1 Å². The lowest BCUT2D eigenvalue weighted by Crippen LogP contribution is -2.44. The van der Waals surface area contributed by atoms with Crippen LogP contribution in [-0.2, 0) is 0 Å². The second kappa shape index (κ2) is 13.3. The zero-order chi connectivity index (χ0) is 30.6. The molecule has 1 saturated heterocycles. The van der Waals surface area contributed by atoms with Crippen molar-refractivity contribution in [2.45, 2.75) is 19.4 Å². The summed E-state index contributed by atoms with van der Waals surface area (Å²) in [6.07, 6.45) is 4.16. The second-order valence-corrected chi connectivity index (χ2v) is 12.4. The number of likely N-dealkylation sites (N-methyl/N-ethyl adjacent to an activating group) is 1. The lowest BCUT2D eigenvalue weighted by atomic mass is 10.1. The predicted molar refractivity (Wildman–Crippen MR) is 176 cm³/mol. The Labute approximate surface area is 265 Å². The highest BCUT2D eigenvalue weighted by molar-refractivity contribution is 7.16. The Bertz CT molecular complexity index is 1760. The van der Waals surface area contributed by atoms with Crippen LogP contribution in [0.25, 0.3) is 27.3 Å². The Balaban J connectivity index is 1.16. The van der Waals surface area contributed by atoms with E-state index in [0.717, 1.165) is 78.5 Å². The van der Waals surface area contributed by atoms with Crippen molar-refractivity contribution < 1.29 is 9.53 Å². The molecule has 0 spiro atoms. The van der Waals surface area contributed by atoms with E-state index in [1.165, 1.54) is 11.3 Å². The maximum Gasteiger partial charge on any atom is 0.262 e. The van der Waals surface area contributed by atoms with Gasteiger partial charge in [-0.25, -0.2) is 15.0 Å². The molecule has 6 rings (SSSR count). The van der Waals surface area contributed by atoms with Crippen LogP contribution in [0.4, 0.5) is 5.95 Å². The first-order valence-electron chi connectivity index (χ1n) is 14.7. The second-order valence-electron chi connectivity index (χ2n) is 10.9. The van der Waals surface area contributed by atoms with Gasteiger partial charge in [-0.2, -0.15) is 0 Å². The summed E-state index contributed by atoms with van der Waals surface area (Å²) in [4.78, 5) is 31.4. The monoisotopic (exact) mass is 630 g/mol. The molecule has 2 aromatic carbocycles. The summed E-state index contributed by atoms with van der Waals surface area (Å²) in [5, 5.41) is 4.74. The van der Waals surface area contributed by atoms with Crippen LogP contribution in [0.5, 0.6) is 5.75 Å². The summed E-state index contributed by atoms with van der Waals surface area (Å²) in [5.41, 5.74) is 9.99. The standard InChI is InChI=1S/C32H35ClN8O2S/c1-21(23-6-3-4-7-24(23)33)43-28-19-29(44-30(28)31(34)42)41-20-37-26-18-22(8-9-27(26)41)25-10-12-36-32(38-25)35-11-5-13-40-16-14-39(2)15-17-40/h3-4,6-10,12,18-21H,5,11,13-17H2,1-2H3,(H2,34,42)(H,35,36,38). The summed E-state index contributed by atoms with van der Waals surface area (Å²) >= 11 is 7.63. The summed E-state index contributed by atoms with van der Waals surface area (Å²) in [5.74, 6) is 0.470. The lowest BCUT2D eigenvalue weighted by Gasteiger charge is -2.32. The average molecular weight is 631 g/mol. The van der Waals surface area contributed by atoms with Crippen molar-refractivity contribution in [2.24, 2.45) is 5.73 Å². The molecule has 44 heavy (non-hydrogen) atoms. The van der Waals surface area contributed by atoms with Crippen LogP contribution >= 0.6 is 22.9 Å². The van der Waals surface area contributed by atoms with Crippen molar-refractivity contribution >= 4 is 45.8 Å². The number of nitrogens with one attached hydrogen (secondary N) is 1. The maximum atomic E-state index is 12.3. The molecule has 12 heteroatoms. The lowest BCUT2D eigenvalue weighted by molar-refractivity contribution is 0.0998. The van der Waals surface area contributed by atoms with Gasteiger partial charge in [-0.15, -0.1) is 11.3 Å². The maximum absolute atomic E-state index is 12.3. The van der Waals surface area contributed by atoms with E-state index in [1.54, 1.807) is 12.5 Å². The minimum absolute atomic E-state index is 0.335. The van der Waals surface area contributed by atoms with E-state index < -0.39 is 5.91 Å². The molecule has 1 amide bonds. The first-order valence-corrected chi connectivity index (χ1v) is 15.9. The number of imidazole rings is 1. The van der Waals surface area contributed by atoms with Crippen LogP contribution in [0.2, 0.25) is 5.02 Å². The molecule has 1 aliphatic rings. The molecule has 1 unspecified atom stereocenters. The fourth-order valence-electron chi connectivity index (χ4n) is 5.33. The molecular formula is C32H35ClN8O2S. The molecular weight excluding hydrogens is 596 g/mol. The van der Waals surface area contributed by atoms with E-state index in [-0.39, 0.29) is 6.10 Å². The van der Waals surface area contributed by atoms with E-state index >= 15 is 0 Å². The smallest absolute Gasteiger partial charge is 0.262 e. The van der Waals surface area contributed by atoms with Crippen molar-refractivity contribution in [3.63, 3.8) is 0 Å². The zero-order valence-corrected chi connectivity index (χ0v) is 26.3. The van der Waals surface area contributed by atoms with Gasteiger partial charge in [0.05, 0.1) is 16.7 Å². The van der Waals surface area contributed by atoms with Crippen LogP contribution in [0, 0.1) is 0 Å². The van der Waals surface area contributed by atoms with Gasteiger partial charge >= 0.3 is 0 Å². The van der Waals surface area contributed by atoms with Gasteiger partial charge in [-0.05, 0) is 51.2 Å². The van der Waals surface area contributed by atoms with Crippen molar-refractivity contribution in [1.82, 2.24) is 29.3 Å². The van der Waals surface area contributed by atoms with Crippen molar-refractivity contribution in [1.29, 1.82) is 0 Å². The molecule has 0 aliphatic carbocycles. The Morgan fingerprint density at radius 2 is 1.93 bits per heavy atom. The Morgan fingerprint density at radius 3 is 2.73 bits per heavy atom. The number of carbonyl (C=O) groups excluding carboxylic acids is 1. The van der Waals surface area contributed by atoms with Crippen LogP contribution < -0.4 is 15.8 Å². The minimum atomic E-state index is -0.554. The van der Waals surface area contributed by atoms with E-state index in [9.17, 15) is 4.79 Å². The Hall–Kier alpha value is -4.03. The number of carbonyl (C=O) groups is 1. The number of hydrogen-bond donors (Lipinski definition) is 2. The van der Waals surface area contributed by atoms with Gasteiger partial charge in [-0.1, -0.05) is 35.9 Å². The quantitative estimate of drug-likeness (QED) is 0.184. The number of nitrogens with zero attached hydrogens (tertiary/aromatic N) is 6. The molecule has 10 nitrogen and oxygen atoms in total. The molecule has 0 radical (unpaired) electrons. The third-order valence-corrected chi connectivity index (χ3v) is 9.30. The van der Waals surface area contributed by atoms with E-state index in [4.69, 9.17) is 27.1 Å². The fraction of sp³-hybridized carbons (Fsp3) is 0.312. The van der Waals surface area contributed by atoms with E-state index in [2.05, 4.69) is 32.1 Å². The Morgan fingerprint density at radius 1 is 1.11 bits per heavy atom. The van der Waals surface area contributed by atoms with Crippen LogP contribution in [-0.4, -0.2) is 81.5 Å². The average Bonchev–Trinajstić information content (AvgIpc) is 3.64. The first kappa shape index (κ1) is 30.0. The van der Waals surface area contributed by atoms with Gasteiger partial charge in [0.2, 0.25) is 5.95 Å². The van der Waals surface area contributed by atoms with E-state index in [1.807, 2.05) is 66.1 Å². The number of halogens is 1. The fourth-order valence-corrected chi connectivity index (χ4v) is 6.54. The number of aromatic nitrogens is 4. The molecule has 0 bridgehead atoms. The summed E-state index contributed by atoms with van der Waals surface area (Å²) < 4.78 is 8.12. The largest absolute Gasteiger partial charge is 0.484 e. The van der Waals surface area contributed by atoms with Gasteiger partial charge < -0.3 is 25.6 Å². The van der Waals surface area contributed by atoms with Gasteiger partial charge in [0.1, 0.15) is 28.1 Å².